The number of carbonyl (C=O) groups excluding carboxylic acids is 1. The summed E-state index contributed by atoms with van der Waals surface area (Å²) in [7, 11) is 0. The van der Waals surface area contributed by atoms with Gasteiger partial charge in [-0.05, 0) is 32.1 Å². The Labute approximate surface area is 609 Å². The van der Waals surface area contributed by atoms with E-state index in [1.54, 1.807) is 6.08 Å². The zero-order valence-electron chi connectivity index (χ0n) is 64.5. The van der Waals surface area contributed by atoms with E-state index in [0.29, 0.717) is 12.8 Å². The van der Waals surface area contributed by atoms with Crippen LogP contribution in [-0.2, 0) is 23.7 Å². The van der Waals surface area contributed by atoms with Crippen LogP contribution in [0.2, 0.25) is 0 Å². The van der Waals surface area contributed by atoms with Gasteiger partial charge in [-0.3, -0.25) is 4.79 Å². The quantitative estimate of drug-likeness (QED) is 0.0204. The molecule has 2 aliphatic heterocycles. The summed E-state index contributed by atoms with van der Waals surface area (Å²) >= 11 is 0. The maximum absolute atomic E-state index is 13.4. The third-order valence-electron chi connectivity index (χ3n) is 21.4. The van der Waals surface area contributed by atoms with Crippen LogP contribution in [-0.4, -0.2) is 140 Å². The Balaban J connectivity index is 1.57. The van der Waals surface area contributed by atoms with E-state index >= 15 is 0 Å². The Morgan fingerprint density at radius 2 is 0.646 bits per heavy atom. The Bertz CT molecular complexity index is 1760. The molecule has 2 aliphatic rings. The van der Waals surface area contributed by atoms with E-state index in [1.165, 1.54) is 353 Å². The Hall–Kier alpha value is -1.53. The largest absolute Gasteiger partial charge is 0.394 e. The summed E-state index contributed by atoms with van der Waals surface area (Å²) in [6, 6.07) is -0.931. The smallest absolute Gasteiger partial charge is 0.220 e. The van der Waals surface area contributed by atoms with Gasteiger partial charge in [0.15, 0.2) is 12.6 Å². The highest BCUT2D eigenvalue weighted by molar-refractivity contribution is 5.76. The molecule has 0 aliphatic carbocycles. The van der Waals surface area contributed by atoms with Crippen LogP contribution in [0.3, 0.4) is 0 Å². The zero-order chi connectivity index (χ0) is 71.5. The summed E-state index contributed by atoms with van der Waals surface area (Å²) in [4.78, 5) is 13.4. The van der Waals surface area contributed by atoms with Crippen LogP contribution in [0.4, 0.5) is 0 Å². The number of unbranched alkanes of at least 4 members (excludes halogenated alkanes) is 59. The lowest BCUT2D eigenvalue weighted by molar-refractivity contribution is -0.359. The summed E-state index contributed by atoms with van der Waals surface area (Å²) in [6.07, 6.45) is 74.4. The van der Waals surface area contributed by atoms with E-state index in [1.807, 2.05) is 6.08 Å². The molecule has 2 saturated heterocycles. The van der Waals surface area contributed by atoms with Crippen molar-refractivity contribution in [3.8, 4) is 0 Å². The topological polar surface area (TPSA) is 228 Å². The summed E-state index contributed by atoms with van der Waals surface area (Å²) < 4.78 is 22.9. The number of aliphatic hydroxyl groups excluding tert-OH is 8. The zero-order valence-corrected chi connectivity index (χ0v) is 64.5. The number of carbonyl (C=O) groups is 1. The number of ether oxygens (including phenoxy) is 4. The van der Waals surface area contributed by atoms with Crippen molar-refractivity contribution in [3.63, 3.8) is 0 Å². The predicted octanol–water partition coefficient (Wildman–Crippen LogP) is 20.2. The highest BCUT2D eigenvalue weighted by Crippen LogP contribution is 2.31. The Kier molecular flexibility index (Phi) is 65.7. The number of rotatable bonds is 74. The molecular formula is C85H163NO13. The van der Waals surface area contributed by atoms with Crippen molar-refractivity contribution in [2.24, 2.45) is 0 Å². The van der Waals surface area contributed by atoms with Gasteiger partial charge in [-0.15, -0.1) is 0 Å². The number of hydrogen-bond acceptors (Lipinski definition) is 13. The molecule has 0 aromatic carbocycles. The lowest BCUT2D eigenvalue weighted by atomic mass is 9.97. The average molecular weight is 1410 g/mol. The van der Waals surface area contributed by atoms with Crippen molar-refractivity contribution in [1.82, 2.24) is 5.32 Å². The fourth-order valence-corrected chi connectivity index (χ4v) is 14.6. The van der Waals surface area contributed by atoms with Gasteiger partial charge < -0.3 is 65.1 Å². The van der Waals surface area contributed by atoms with Gasteiger partial charge in [0.25, 0.3) is 0 Å². The molecule has 0 radical (unpaired) electrons. The molecule has 12 unspecified atom stereocenters. The monoisotopic (exact) mass is 1410 g/mol. The van der Waals surface area contributed by atoms with Crippen molar-refractivity contribution in [2.75, 3.05) is 19.8 Å². The minimum atomic E-state index is -1.79. The lowest BCUT2D eigenvalue weighted by Crippen LogP contribution is -2.65. The van der Waals surface area contributed by atoms with E-state index < -0.39 is 86.8 Å². The van der Waals surface area contributed by atoms with Crippen LogP contribution in [0.15, 0.2) is 24.3 Å². The minimum absolute atomic E-state index is 0.239. The molecule has 0 bridgehead atoms. The maximum Gasteiger partial charge on any atom is 0.220 e. The molecule has 0 aromatic rings. The van der Waals surface area contributed by atoms with E-state index in [9.17, 15) is 45.6 Å². The van der Waals surface area contributed by atoms with Gasteiger partial charge in [0.05, 0.1) is 32.0 Å². The molecule has 0 spiro atoms. The van der Waals surface area contributed by atoms with Gasteiger partial charge in [0.2, 0.25) is 5.91 Å². The van der Waals surface area contributed by atoms with Crippen molar-refractivity contribution in [1.29, 1.82) is 0 Å². The molecule has 1 amide bonds. The van der Waals surface area contributed by atoms with E-state index in [0.717, 1.165) is 32.1 Å². The molecule has 12 atom stereocenters. The number of aliphatic hydroxyl groups is 8. The van der Waals surface area contributed by atoms with E-state index in [-0.39, 0.29) is 18.9 Å². The van der Waals surface area contributed by atoms with Crippen LogP contribution in [0.25, 0.3) is 0 Å². The Morgan fingerprint density at radius 1 is 0.354 bits per heavy atom. The normalized spacial score (nSPS) is 22.0. The van der Waals surface area contributed by atoms with Crippen molar-refractivity contribution >= 4 is 5.91 Å². The minimum Gasteiger partial charge on any atom is -0.394 e. The van der Waals surface area contributed by atoms with Crippen LogP contribution >= 0.6 is 0 Å². The molecule has 586 valence electrons. The first kappa shape index (κ1) is 93.6. The molecule has 2 fully saturated rings. The van der Waals surface area contributed by atoms with Crippen LogP contribution in [0, 0.1) is 0 Å². The SMILES string of the molecule is CCCCCCCCCCCCCCCCCCCCCCC/C=C/CC/C=C/C(O)C(COC1OC(CO)C(OC2OC(CO)C(O)C(O)C2O)C(O)C1O)NC(=O)CCCCCCCCCCCCCCCCCCCCCCCCCCCCCCCCCCCCCCCC. The third-order valence-corrected chi connectivity index (χ3v) is 21.4. The molecule has 0 aromatic heterocycles. The third kappa shape index (κ3) is 52.2. The number of hydrogen-bond donors (Lipinski definition) is 9. The van der Waals surface area contributed by atoms with Crippen LogP contribution in [0.5, 0.6) is 0 Å². The van der Waals surface area contributed by atoms with Crippen molar-refractivity contribution in [3.05, 3.63) is 24.3 Å². The second-order valence-electron chi connectivity index (χ2n) is 30.7. The van der Waals surface area contributed by atoms with E-state index in [4.69, 9.17) is 18.9 Å². The average Bonchev–Trinajstić information content (AvgIpc) is 0.794. The standard InChI is InChI=1S/C85H163NO13/c1-3-5-7-9-11-13-15-17-19-21-23-25-27-29-31-32-33-34-35-36-37-38-39-40-41-43-45-47-49-51-53-55-57-59-61-63-65-67-69-77(90)86-73(72-96-84-82(95)80(93)83(76(71-88)98-84)99-85-81(94)79(92)78(91)75(70-87)97-85)74(89)68-66-64-62-60-58-56-54-52-50-48-46-44-42-30-28-26-24-22-20-18-16-14-12-10-8-6-4-2/h58,60,66,68,73-76,78-85,87-89,91-95H,3-57,59,61-65,67,69-72H2,1-2H3,(H,86,90)/b60-58+,68-66+. The number of amides is 1. The molecule has 2 rings (SSSR count). The maximum atomic E-state index is 13.4. The molecule has 14 heteroatoms. The summed E-state index contributed by atoms with van der Waals surface area (Å²) in [5.74, 6) is -0.239. The first-order chi connectivity index (χ1) is 48.6. The summed E-state index contributed by atoms with van der Waals surface area (Å²) in [6.45, 7) is 2.86. The van der Waals surface area contributed by atoms with E-state index in [2.05, 4.69) is 31.3 Å². The van der Waals surface area contributed by atoms with Gasteiger partial charge >= 0.3 is 0 Å². The summed E-state index contributed by atoms with van der Waals surface area (Å²) in [5.41, 5.74) is 0. The molecular weight excluding hydrogens is 1240 g/mol. The molecule has 0 saturated carbocycles. The second kappa shape index (κ2) is 69.5. The molecule has 99 heavy (non-hydrogen) atoms. The number of allylic oxidation sites excluding steroid dienone is 3. The van der Waals surface area contributed by atoms with Gasteiger partial charge in [0, 0.05) is 6.42 Å². The van der Waals surface area contributed by atoms with Crippen molar-refractivity contribution in [2.45, 2.75) is 492 Å². The van der Waals surface area contributed by atoms with Crippen molar-refractivity contribution < 1.29 is 64.6 Å². The highest BCUT2D eigenvalue weighted by atomic mass is 16.7. The first-order valence-corrected chi connectivity index (χ1v) is 43.1. The summed E-state index contributed by atoms with van der Waals surface area (Å²) in [5, 5.41) is 87.7. The predicted molar refractivity (Wildman–Crippen MR) is 411 cm³/mol. The molecule has 9 N–H and O–H groups in total. The fraction of sp³-hybridized carbons (Fsp3) is 0.941. The van der Waals surface area contributed by atoms with Crippen LogP contribution in [0.1, 0.15) is 418 Å². The molecule has 2 heterocycles. The molecule has 14 nitrogen and oxygen atoms in total. The number of nitrogens with one attached hydrogen (secondary N) is 1. The Morgan fingerprint density at radius 3 is 0.990 bits per heavy atom. The van der Waals surface area contributed by atoms with Gasteiger partial charge in [-0.2, -0.15) is 0 Å². The van der Waals surface area contributed by atoms with Crippen LogP contribution < -0.4 is 5.32 Å². The first-order valence-electron chi connectivity index (χ1n) is 43.1. The van der Waals surface area contributed by atoms with Gasteiger partial charge in [-0.1, -0.05) is 404 Å². The second-order valence-corrected chi connectivity index (χ2v) is 30.7. The van der Waals surface area contributed by atoms with Gasteiger partial charge in [-0.25, -0.2) is 0 Å². The highest BCUT2D eigenvalue weighted by Gasteiger charge is 2.51. The fourth-order valence-electron chi connectivity index (χ4n) is 14.6. The van der Waals surface area contributed by atoms with Gasteiger partial charge in [0.1, 0.15) is 48.8 Å². The lowest BCUT2D eigenvalue weighted by Gasteiger charge is -2.46.